The minimum Gasteiger partial charge on any atom is -0.227 e. The summed E-state index contributed by atoms with van der Waals surface area (Å²) in [7, 11) is 0. The second-order valence-electron chi connectivity index (χ2n) is 3.49. The fourth-order valence-corrected chi connectivity index (χ4v) is 1.33. The Balaban J connectivity index is 2.38. The van der Waals surface area contributed by atoms with E-state index in [2.05, 4.69) is 13.8 Å². The molecule has 1 aliphatic carbocycles. The Labute approximate surface area is 60.8 Å². The quantitative estimate of drug-likeness (QED) is 0.549. The Hall–Kier alpha value is -0.580. The fourth-order valence-electron chi connectivity index (χ4n) is 1.33. The molecule has 10 heavy (non-hydrogen) atoms. The summed E-state index contributed by atoms with van der Waals surface area (Å²) < 4.78 is 12.9. The zero-order valence-corrected chi connectivity index (χ0v) is 6.39. The maximum absolute atomic E-state index is 12.9. The molecule has 1 rings (SSSR count). The van der Waals surface area contributed by atoms with Gasteiger partial charge in [0.25, 0.3) is 0 Å². The first kappa shape index (κ1) is 7.53. The van der Waals surface area contributed by atoms with Gasteiger partial charge in [0.05, 0.1) is 0 Å². The van der Waals surface area contributed by atoms with Crippen LogP contribution >= 0.6 is 0 Å². The molecule has 2 heteroatoms. The van der Waals surface area contributed by atoms with Crippen molar-refractivity contribution in [1.29, 1.82) is 5.26 Å². The third-order valence-corrected chi connectivity index (χ3v) is 2.31. The van der Waals surface area contributed by atoms with Crippen molar-refractivity contribution >= 4 is 0 Å². The molecule has 0 aromatic heterocycles. The Morgan fingerprint density at radius 1 is 1.60 bits per heavy atom. The average Bonchev–Trinajstić information content (AvgIpc) is 1.80. The lowest BCUT2D eigenvalue weighted by atomic mass is 9.68. The van der Waals surface area contributed by atoms with Crippen LogP contribution in [0.4, 0.5) is 4.39 Å². The number of hydrogen-bond acceptors (Lipinski definition) is 1. The maximum Gasteiger partial charge on any atom is 0.196 e. The molecule has 0 aromatic carbocycles. The minimum atomic E-state index is -1.48. The second-order valence-corrected chi connectivity index (χ2v) is 3.49. The molecule has 0 heterocycles. The summed E-state index contributed by atoms with van der Waals surface area (Å²) in [5.41, 5.74) is -1.48. The Kier molecular flexibility index (Phi) is 1.68. The lowest BCUT2D eigenvalue weighted by Gasteiger charge is -2.38. The van der Waals surface area contributed by atoms with Crippen molar-refractivity contribution < 1.29 is 4.39 Å². The molecule has 1 saturated carbocycles. The van der Waals surface area contributed by atoms with Crippen LogP contribution < -0.4 is 0 Å². The smallest absolute Gasteiger partial charge is 0.196 e. The molecule has 0 bridgehead atoms. The van der Waals surface area contributed by atoms with Crippen LogP contribution in [0.2, 0.25) is 0 Å². The molecule has 0 N–H and O–H groups in total. The van der Waals surface area contributed by atoms with Gasteiger partial charge in [0.15, 0.2) is 5.67 Å². The second kappa shape index (κ2) is 2.23. The third kappa shape index (κ3) is 1.13. The van der Waals surface area contributed by atoms with Crippen molar-refractivity contribution in [3.05, 3.63) is 0 Å². The molecular formula is C8H12FN. The van der Waals surface area contributed by atoms with E-state index in [1.165, 1.54) is 0 Å². The van der Waals surface area contributed by atoms with E-state index in [1.54, 1.807) is 6.07 Å². The van der Waals surface area contributed by atoms with Gasteiger partial charge in [-0.15, -0.1) is 0 Å². The van der Waals surface area contributed by atoms with Crippen molar-refractivity contribution in [2.24, 2.45) is 11.8 Å². The van der Waals surface area contributed by atoms with Gasteiger partial charge in [0.2, 0.25) is 0 Å². The zero-order chi connectivity index (χ0) is 7.78. The van der Waals surface area contributed by atoms with Gasteiger partial charge in [-0.2, -0.15) is 5.26 Å². The van der Waals surface area contributed by atoms with Crippen molar-refractivity contribution in [2.75, 3.05) is 0 Å². The highest BCUT2D eigenvalue weighted by atomic mass is 19.1. The summed E-state index contributed by atoms with van der Waals surface area (Å²) in [4.78, 5) is 0. The number of hydrogen-bond donors (Lipinski definition) is 0. The zero-order valence-electron chi connectivity index (χ0n) is 6.39. The summed E-state index contributed by atoms with van der Waals surface area (Å²) >= 11 is 0. The van der Waals surface area contributed by atoms with E-state index in [4.69, 9.17) is 5.26 Å². The predicted octanol–water partition coefficient (Wildman–Crippen LogP) is 2.28. The van der Waals surface area contributed by atoms with Gasteiger partial charge in [0, 0.05) is 0 Å². The van der Waals surface area contributed by atoms with E-state index in [0.717, 1.165) is 0 Å². The molecule has 1 nitrogen and oxygen atoms in total. The van der Waals surface area contributed by atoms with Crippen LogP contribution in [0.3, 0.4) is 0 Å². The highest BCUT2D eigenvalue weighted by Crippen LogP contribution is 2.44. The standard InChI is InChI=1S/C8H12FN/c1-6(2)7-3-8(9,4-7)5-10/h6-7H,3-4H2,1-2H3/t7-,8-. The number of alkyl halides is 1. The van der Waals surface area contributed by atoms with Gasteiger partial charge < -0.3 is 0 Å². The molecule has 0 aromatic rings. The molecular weight excluding hydrogens is 129 g/mol. The van der Waals surface area contributed by atoms with Crippen LogP contribution in [0.15, 0.2) is 0 Å². The van der Waals surface area contributed by atoms with Crippen molar-refractivity contribution in [3.8, 4) is 6.07 Å². The van der Waals surface area contributed by atoms with E-state index < -0.39 is 5.67 Å². The first-order valence-corrected chi connectivity index (χ1v) is 3.67. The average molecular weight is 141 g/mol. The first-order valence-electron chi connectivity index (χ1n) is 3.67. The summed E-state index contributed by atoms with van der Waals surface area (Å²) in [6, 6.07) is 1.70. The Bertz CT molecular complexity index is 163. The summed E-state index contributed by atoms with van der Waals surface area (Å²) in [5, 5.41) is 8.32. The first-order chi connectivity index (χ1) is 4.57. The Morgan fingerprint density at radius 3 is 2.40 bits per heavy atom. The van der Waals surface area contributed by atoms with Gasteiger partial charge in [-0.1, -0.05) is 13.8 Å². The maximum atomic E-state index is 12.9. The van der Waals surface area contributed by atoms with Crippen LogP contribution in [-0.2, 0) is 0 Å². The van der Waals surface area contributed by atoms with Crippen LogP contribution in [0.1, 0.15) is 26.7 Å². The highest BCUT2D eigenvalue weighted by molar-refractivity contribution is 5.10. The molecule has 1 aliphatic rings. The van der Waals surface area contributed by atoms with Gasteiger partial charge in [0.1, 0.15) is 6.07 Å². The van der Waals surface area contributed by atoms with Crippen molar-refractivity contribution in [2.45, 2.75) is 32.4 Å². The van der Waals surface area contributed by atoms with E-state index in [-0.39, 0.29) is 0 Å². The number of halogens is 1. The molecule has 0 atom stereocenters. The molecule has 1 fully saturated rings. The van der Waals surface area contributed by atoms with Crippen LogP contribution in [-0.4, -0.2) is 5.67 Å². The lowest BCUT2D eigenvalue weighted by Crippen LogP contribution is -2.40. The molecule has 0 spiro atoms. The van der Waals surface area contributed by atoms with Crippen molar-refractivity contribution in [3.63, 3.8) is 0 Å². The largest absolute Gasteiger partial charge is 0.227 e. The molecule has 0 unspecified atom stereocenters. The molecule has 0 saturated heterocycles. The van der Waals surface area contributed by atoms with Gasteiger partial charge in [-0.25, -0.2) is 4.39 Å². The number of rotatable bonds is 1. The molecule has 56 valence electrons. The molecule has 0 radical (unpaired) electrons. The van der Waals surface area contributed by atoms with E-state index in [1.807, 2.05) is 0 Å². The monoisotopic (exact) mass is 141 g/mol. The lowest BCUT2D eigenvalue weighted by molar-refractivity contribution is 0.0351. The molecule has 0 aliphatic heterocycles. The normalized spacial score (nSPS) is 38.9. The summed E-state index contributed by atoms with van der Waals surface area (Å²) in [6.07, 6.45) is 0.891. The predicted molar refractivity (Wildman–Crippen MR) is 37.0 cm³/mol. The summed E-state index contributed by atoms with van der Waals surface area (Å²) in [5.74, 6) is 0.960. The topological polar surface area (TPSA) is 23.8 Å². The van der Waals surface area contributed by atoms with Crippen LogP contribution in [0, 0.1) is 23.2 Å². The van der Waals surface area contributed by atoms with E-state index >= 15 is 0 Å². The fraction of sp³-hybridized carbons (Fsp3) is 0.875. The highest BCUT2D eigenvalue weighted by Gasteiger charge is 2.46. The molecule has 0 amide bonds. The summed E-state index contributed by atoms with van der Waals surface area (Å²) in [6.45, 7) is 4.14. The third-order valence-electron chi connectivity index (χ3n) is 2.31. The SMILES string of the molecule is CC(C)[C@H]1C[C@@](F)(C#N)C1. The number of nitriles is 1. The van der Waals surface area contributed by atoms with Gasteiger partial charge in [-0.05, 0) is 24.7 Å². The van der Waals surface area contributed by atoms with Gasteiger partial charge >= 0.3 is 0 Å². The van der Waals surface area contributed by atoms with E-state index in [9.17, 15) is 4.39 Å². The van der Waals surface area contributed by atoms with Crippen LogP contribution in [0.25, 0.3) is 0 Å². The minimum absolute atomic E-state index is 0.435. The van der Waals surface area contributed by atoms with Crippen molar-refractivity contribution in [1.82, 2.24) is 0 Å². The Morgan fingerprint density at radius 2 is 2.10 bits per heavy atom. The van der Waals surface area contributed by atoms with Crippen LogP contribution in [0.5, 0.6) is 0 Å². The number of nitrogens with zero attached hydrogens (tertiary/aromatic N) is 1. The van der Waals surface area contributed by atoms with Gasteiger partial charge in [-0.3, -0.25) is 0 Å². The van der Waals surface area contributed by atoms with E-state index in [0.29, 0.717) is 24.7 Å².